The molecule has 90 valence electrons. The van der Waals surface area contributed by atoms with E-state index in [2.05, 4.69) is 15.5 Å². The monoisotopic (exact) mass is 278 g/mol. The van der Waals surface area contributed by atoms with Gasteiger partial charge in [-0.3, -0.25) is 4.79 Å². The summed E-state index contributed by atoms with van der Waals surface area (Å²) in [5.74, 6) is 0.180. The first kappa shape index (κ1) is 13.8. The largest absolute Gasteiger partial charge is 0.368 e. The number of amides is 1. The topological polar surface area (TPSA) is 80.9 Å². The predicted octanol–water partition coefficient (Wildman–Crippen LogP) is 0.815. The van der Waals surface area contributed by atoms with Gasteiger partial charge in [-0.25, -0.2) is 0 Å². The molecular formula is C8H14N4OS3. The quantitative estimate of drug-likeness (QED) is 0.750. The van der Waals surface area contributed by atoms with E-state index < -0.39 is 5.54 Å². The first-order valence-electron chi connectivity index (χ1n) is 4.51. The molecule has 0 aliphatic rings. The van der Waals surface area contributed by atoms with Gasteiger partial charge >= 0.3 is 0 Å². The maximum absolute atomic E-state index is 11.2. The summed E-state index contributed by atoms with van der Waals surface area (Å²) in [4.78, 5) is 11.2. The number of rotatable bonds is 6. The van der Waals surface area contributed by atoms with Crippen molar-refractivity contribution in [2.45, 2.75) is 21.1 Å². The molecule has 0 aliphatic heterocycles. The van der Waals surface area contributed by atoms with Crippen molar-refractivity contribution in [3.05, 3.63) is 0 Å². The number of nitrogens with one attached hydrogen (secondary N) is 1. The van der Waals surface area contributed by atoms with Crippen LogP contribution < -0.4 is 11.1 Å². The summed E-state index contributed by atoms with van der Waals surface area (Å²) < 4.78 is 1.78. The van der Waals surface area contributed by atoms with Crippen LogP contribution in [0.2, 0.25) is 0 Å². The first-order valence-corrected chi connectivity index (χ1v) is 7.53. The molecule has 1 heterocycles. The third kappa shape index (κ3) is 3.34. The summed E-state index contributed by atoms with van der Waals surface area (Å²) >= 11 is 4.56. The second-order valence-corrected chi connectivity index (χ2v) is 6.53. The maximum atomic E-state index is 11.2. The average Bonchev–Trinajstić information content (AvgIpc) is 2.73. The smallest absolute Gasteiger partial charge is 0.238 e. The Kier molecular flexibility index (Phi) is 5.03. The van der Waals surface area contributed by atoms with Gasteiger partial charge in [-0.1, -0.05) is 34.9 Å². The van der Waals surface area contributed by atoms with Crippen molar-refractivity contribution < 1.29 is 4.79 Å². The molecule has 0 saturated heterocycles. The normalized spacial score (nSPS) is 14.7. The van der Waals surface area contributed by atoms with Crippen molar-refractivity contribution in [3.63, 3.8) is 0 Å². The lowest BCUT2D eigenvalue weighted by molar-refractivity contribution is -0.122. The van der Waals surface area contributed by atoms with Crippen LogP contribution in [0.15, 0.2) is 8.68 Å². The van der Waals surface area contributed by atoms with Crippen molar-refractivity contribution in [2.24, 2.45) is 5.73 Å². The zero-order valence-electron chi connectivity index (χ0n) is 9.31. The van der Waals surface area contributed by atoms with Crippen LogP contribution in [-0.2, 0) is 4.79 Å². The van der Waals surface area contributed by atoms with Gasteiger partial charge in [0.05, 0.1) is 0 Å². The van der Waals surface area contributed by atoms with Crippen molar-refractivity contribution >= 4 is 40.8 Å². The zero-order chi connectivity index (χ0) is 12.2. The SMILES string of the molecule is CNC(C)(CSc1nnc(SC)s1)C(N)=O. The summed E-state index contributed by atoms with van der Waals surface area (Å²) in [6.07, 6.45) is 1.95. The predicted molar refractivity (Wildman–Crippen MR) is 69.1 cm³/mol. The maximum Gasteiger partial charge on any atom is 0.238 e. The number of carbonyl (C=O) groups excluding carboxylic acids is 1. The van der Waals surface area contributed by atoms with Crippen LogP contribution in [0, 0.1) is 0 Å². The van der Waals surface area contributed by atoms with E-state index in [0.717, 1.165) is 8.68 Å². The van der Waals surface area contributed by atoms with E-state index in [1.54, 1.807) is 25.7 Å². The van der Waals surface area contributed by atoms with E-state index in [4.69, 9.17) is 5.73 Å². The van der Waals surface area contributed by atoms with E-state index in [1.165, 1.54) is 23.1 Å². The Balaban J connectivity index is 2.59. The molecule has 1 atom stereocenters. The molecule has 8 heteroatoms. The van der Waals surface area contributed by atoms with Gasteiger partial charge in [-0.2, -0.15) is 0 Å². The Morgan fingerprint density at radius 2 is 2.19 bits per heavy atom. The highest BCUT2D eigenvalue weighted by molar-refractivity contribution is 8.03. The van der Waals surface area contributed by atoms with Crippen LogP contribution in [-0.4, -0.2) is 40.7 Å². The minimum Gasteiger partial charge on any atom is -0.368 e. The van der Waals surface area contributed by atoms with E-state index in [9.17, 15) is 4.79 Å². The van der Waals surface area contributed by atoms with Crippen LogP contribution in [0.1, 0.15) is 6.92 Å². The number of primary amides is 1. The molecule has 0 aromatic carbocycles. The summed E-state index contributed by atoms with van der Waals surface area (Å²) in [7, 11) is 1.72. The van der Waals surface area contributed by atoms with Gasteiger partial charge in [0.25, 0.3) is 0 Å². The Labute approximate surface area is 107 Å². The van der Waals surface area contributed by atoms with Crippen molar-refractivity contribution in [1.82, 2.24) is 15.5 Å². The standard InChI is InChI=1S/C8H14N4OS3/c1-8(10-2,5(9)13)4-15-7-12-11-6(14-3)16-7/h10H,4H2,1-3H3,(H2,9,13). The van der Waals surface area contributed by atoms with Crippen LogP contribution in [0.5, 0.6) is 0 Å². The molecular weight excluding hydrogens is 264 g/mol. The number of likely N-dealkylation sites (N-methyl/N-ethyl adjacent to an activating group) is 1. The lowest BCUT2D eigenvalue weighted by atomic mass is 10.1. The molecule has 0 fully saturated rings. The third-order valence-corrected chi connectivity index (χ3v) is 5.49. The number of hydrogen-bond donors (Lipinski definition) is 2. The van der Waals surface area contributed by atoms with Crippen molar-refractivity contribution in [2.75, 3.05) is 19.1 Å². The number of aromatic nitrogens is 2. The lowest BCUT2D eigenvalue weighted by Gasteiger charge is -2.24. The van der Waals surface area contributed by atoms with E-state index >= 15 is 0 Å². The number of nitrogens with two attached hydrogens (primary N) is 1. The van der Waals surface area contributed by atoms with Gasteiger partial charge < -0.3 is 11.1 Å². The lowest BCUT2D eigenvalue weighted by Crippen LogP contribution is -2.53. The average molecular weight is 278 g/mol. The van der Waals surface area contributed by atoms with Crippen LogP contribution in [0.3, 0.4) is 0 Å². The van der Waals surface area contributed by atoms with Gasteiger partial charge in [0, 0.05) is 5.75 Å². The summed E-state index contributed by atoms with van der Waals surface area (Å²) in [6, 6.07) is 0. The van der Waals surface area contributed by atoms with Gasteiger partial charge in [0.2, 0.25) is 5.91 Å². The molecule has 1 unspecified atom stereocenters. The number of nitrogens with zero attached hydrogens (tertiary/aromatic N) is 2. The molecule has 5 nitrogen and oxygen atoms in total. The number of carbonyl (C=O) groups is 1. The van der Waals surface area contributed by atoms with Gasteiger partial charge in [-0.15, -0.1) is 10.2 Å². The highest BCUT2D eigenvalue weighted by atomic mass is 32.2. The molecule has 1 amide bonds. The molecule has 1 aromatic heterocycles. The molecule has 1 aromatic rings. The Bertz CT molecular complexity index is 370. The third-order valence-electron chi connectivity index (χ3n) is 2.14. The zero-order valence-corrected chi connectivity index (χ0v) is 11.8. The summed E-state index contributed by atoms with van der Waals surface area (Å²) in [5, 5.41) is 10.9. The Morgan fingerprint density at radius 3 is 2.62 bits per heavy atom. The fourth-order valence-corrected chi connectivity index (χ4v) is 3.42. The Hall–Kier alpha value is -0.310. The molecule has 0 aliphatic carbocycles. The molecule has 16 heavy (non-hydrogen) atoms. The van der Waals surface area contributed by atoms with Crippen molar-refractivity contribution in [3.8, 4) is 0 Å². The fraction of sp³-hybridized carbons (Fsp3) is 0.625. The summed E-state index contributed by atoms with van der Waals surface area (Å²) in [5.41, 5.74) is 4.61. The highest BCUT2D eigenvalue weighted by Gasteiger charge is 2.29. The second-order valence-electron chi connectivity index (χ2n) is 3.27. The van der Waals surface area contributed by atoms with Crippen LogP contribution in [0.4, 0.5) is 0 Å². The Morgan fingerprint density at radius 1 is 1.56 bits per heavy atom. The van der Waals surface area contributed by atoms with Gasteiger partial charge in [-0.05, 0) is 20.2 Å². The number of thioether (sulfide) groups is 2. The fourth-order valence-electron chi connectivity index (χ4n) is 0.811. The van der Waals surface area contributed by atoms with Gasteiger partial charge in [0.15, 0.2) is 8.68 Å². The molecule has 3 N–H and O–H groups in total. The van der Waals surface area contributed by atoms with Crippen LogP contribution >= 0.6 is 34.9 Å². The van der Waals surface area contributed by atoms with Gasteiger partial charge in [0.1, 0.15) is 5.54 Å². The van der Waals surface area contributed by atoms with Crippen LogP contribution in [0.25, 0.3) is 0 Å². The van der Waals surface area contributed by atoms with E-state index in [1.807, 2.05) is 6.26 Å². The highest BCUT2D eigenvalue weighted by Crippen LogP contribution is 2.29. The molecule has 0 spiro atoms. The summed E-state index contributed by atoms with van der Waals surface area (Å²) in [6.45, 7) is 1.78. The minimum absolute atomic E-state index is 0.364. The molecule has 0 saturated carbocycles. The second kappa shape index (κ2) is 5.85. The number of hydrogen-bond acceptors (Lipinski definition) is 7. The molecule has 0 radical (unpaired) electrons. The first-order chi connectivity index (χ1) is 7.51. The minimum atomic E-state index is -0.712. The molecule has 0 bridgehead atoms. The van der Waals surface area contributed by atoms with Crippen molar-refractivity contribution in [1.29, 1.82) is 0 Å². The van der Waals surface area contributed by atoms with E-state index in [-0.39, 0.29) is 5.91 Å². The molecule has 1 rings (SSSR count). The van der Waals surface area contributed by atoms with E-state index in [0.29, 0.717) is 5.75 Å².